The van der Waals surface area contributed by atoms with E-state index < -0.39 is 13.3 Å². The van der Waals surface area contributed by atoms with Crippen LogP contribution in [0.3, 0.4) is 0 Å². The molecule has 0 atom stereocenters. The second kappa shape index (κ2) is 10.3. The van der Waals surface area contributed by atoms with E-state index in [0.717, 1.165) is 6.42 Å². The molecular formula is C15H30Ge. The third-order valence-corrected chi connectivity index (χ3v) is 4.56. The molecule has 1 heteroatoms. The Morgan fingerprint density at radius 1 is 0.750 bits per heavy atom. The third kappa shape index (κ3) is 14.1. The maximum atomic E-state index is 3.48. The van der Waals surface area contributed by atoms with E-state index in [4.69, 9.17) is 0 Å². The standard InChI is InChI=1S/C15H30Ge/c1-5-6-7-8-9-10-11-12-13-14-15-16(2,3)4/h5-13H2,1-4H3. The SMILES string of the molecule is CCCCCCCCCCC#[C][Ge]([CH3])([CH3])[CH3]. The van der Waals surface area contributed by atoms with Gasteiger partial charge in [-0.15, -0.1) is 0 Å². The summed E-state index contributed by atoms with van der Waals surface area (Å²) in [6.07, 6.45) is 12.4. The van der Waals surface area contributed by atoms with Gasteiger partial charge >= 0.3 is 106 Å². The average molecular weight is 283 g/mol. The van der Waals surface area contributed by atoms with E-state index in [1.165, 1.54) is 51.4 Å². The first-order valence-electron chi connectivity index (χ1n) is 7.06. The summed E-state index contributed by atoms with van der Waals surface area (Å²) in [6, 6.07) is 0. The topological polar surface area (TPSA) is 0 Å². The summed E-state index contributed by atoms with van der Waals surface area (Å²) < 4.78 is 3.48. The summed E-state index contributed by atoms with van der Waals surface area (Å²) in [4.78, 5) is 0. The zero-order valence-corrected chi connectivity index (χ0v) is 14.0. The Labute approximate surface area is 106 Å². The molecule has 0 heterocycles. The van der Waals surface area contributed by atoms with Crippen LogP contribution in [-0.2, 0) is 0 Å². The van der Waals surface area contributed by atoms with Gasteiger partial charge in [0.2, 0.25) is 0 Å². The Morgan fingerprint density at radius 2 is 1.25 bits per heavy atom. The van der Waals surface area contributed by atoms with Crippen molar-refractivity contribution in [3.63, 3.8) is 0 Å². The van der Waals surface area contributed by atoms with Gasteiger partial charge in [0, 0.05) is 0 Å². The van der Waals surface area contributed by atoms with Crippen molar-refractivity contribution >= 4 is 13.3 Å². The molecule has 0 nitrogen and oxygen atoms in total. The van der Waals surface area contributed by atoms with E-state index in [1.807, 2.05) is 0 Å². The van der Waals surface area contributed by atoms with Gasteiger partial charge in [-0.3, -0.25) is 0 Å². The molecule has 0 spiro atoms. The van der Waals surface area contributed by atoms with Gasteiger partial charge in [-0.05, 0) is 0 Å². The fourth-order valence-corrected chi connectivity index (χ4v) is 3.05. The predicted molar refractivity (Wildman–Crippen MR) is 78.3 cm³/mol. The Hall–Kier alpha value is 0.103. The van der Waals surface area contributed by atoms with Crippen LogP contribution in [-0.4, -0.2) is 13.3 Å². The fourth-order valence-electron chi connectivity index (χ4n) is 1.67. The Bertz CT molecular complexity index is 202. The zero-order valence-electron chi connectivity index (χ0n) is 11.9. The number of unbranched alkanes of at least 4 members (excludes halogenated alkanes) is 8. The fraction of sp³-hybridized carbons (Fsp3) is 0.867. The summed E-state index contributed by atoms with van der Waals surface area (Å²) in [5, 5.41) is 0. The molecule has 0 aromatic carbocycles. The molecule has 0 bridgehead atoms. The van der Waals surface area contributed by atoms with E-state index in [1.54, 1.807) is 0 Å². The first-order valence-corrected chi connectivity index (χ1v) is 14.4. The molecule has 0 rings (SSSR count). The molecule has 0 saturated heterocycles. The van der Waals surface area contributed by atoms with Crippen molar-refractivity contribution < 1.29 is 0 Å². The van der Waals surface area contributed by atoms with Crippen molar-refractivity contribution in [3.05, 3.63) is 0 Å². The van der Waals surface area contributed by atoms with Crippen molar-refractivity contribution in [1.82, 2.24) is 0 Å². The van der Waals surface area contributed by atoms with Crippen LogP contribution in [0.1, 0.15) is 64.7 Å². The van der Waals surface area contributed by atoms with Crippen LogP contribution >= 0.6 is 0 Å². The van der Waals surface area contributed by atoms with Crippen LogP contribution < -0.4 is 0 Å². The summed E-state index contributed by atoms with van der Waals surface area (Å²) in [5.74, 6) is 10.5. The van der Waals surface area contributed by atoms with Gasteiger partial charge in [0.1, 0.15) is 0 Å². The average Bonchev–Trinajstić information content (AvgIpc) is 2.19. The Morgan fingerprint density at radius 3 is 1.75 bits per heavy atom. The summed E-state index contributed by atoms with van der Waals surface area (Å²) >= 11 is -1.56. The van der Waals surface area contributed by atoms with Crippen LogP contribution in [0.25, 0.3) is 0 Å². The van der Waals surface area contributed by atoms with Crippen molar-refractivity contribution in [2.45, 2.75) is 82.0 Å². The molecule has 0 radical (unpaired) electrons. The van der Waals surface area contributed by atoms with Crippen molar-refractivity contribution in [3.8, 4) is 10.7 Å². The van der Waals surface area contributed by atoms with Gasteiger partial charge in [0.15, 0.2) is 0 Å². The molecule has 0 aliphatic heterocycles. The van der Waals surface area contributed by atoms with E-state index in [2.05, 4.69) is 34.9 Å². The minimum absolute atomic E-state index is 1.14. The van der Waals surface area contributed by atoms with Crippen LogP contribution in [0.15, 0.2) is 0 Å². The van der Waals surface area contributed by atoms with Crippen LogP contribution in [0, 0.1) is 10.7 Å². The molecule has 0 amide bonds. The van der Waals surface area contributed by atoms with Crippen LogP contribution in [0.2, 0.25) is 17.3 Å². The maximum absolute atomic E-state index is 3.48. The van der Waals surface area contributed by atoms with E-state index in [-0.39, 0.29) is 0 Å². The van der Waals surface area contributed by atoms with Crippen LogP contribution in [0.4, 0.5) is 0 Å². The number of hydrogen-bond donors (Lipinski definition) is 0. The summed E-state index contributed by atoms with van der Waals surface area (Å²) in [5.41, 5.74) is 0. The van der Waals surface area contributed by atoms with E-state index in [9.17, 15) is 0 Å². The first-order chi connectivity index (χ1) is 7.56. The van der Waals surface area contributed by atoms with Crippen molar-refractivity contribution in [1.29, 1.82) is 0 Å². The third-order valence-electron chi connectivity index (χ3n) is 2.62. The first kappa shape index (κ1) is 16.1. The quantitative estimate of drug-likeness (QED) is 0.318. The molecule has 94 valence electrons. The van der Waals surface area contributed by atoms with Gasteiger partial charge in [0.25, 0.3) is 0 Å². The number of hydrogen-bond acceptors (Lipinski definition) is 0. The van der Waals surface area contributed by atoms with Gasteiger partial charge in [-0.1, -0.05) is 0 Å². The van der Waals surface area contributed by atoms with Crippen LogP contribution in [0.5, 0.6) is 0 Å². The molecular weight excluding hydrogens is 253 g/mol. The molecule has 0 aromatic heterocycles. The van der Waals surface area contributed by atoms with Crippen molar-refractivity contribution in [2.75, 3.05) is 0 Å². The minimum atomic E-state index is -1.56. The van der Waals surface area contributed by atoms with Gasteiger partial charge in [-0.25, -0.2) is 0 Å². The molecule has 0 unspecified atom stereocenters. The van der Waals surface area contributed by atoms with Gasteiger partial charge < -0.3 is 0 Å². The van der Waals surface area contributed by atoms with Crippen molar-refractivity contribution in [2.24, 2.45) is 0 Å². The summed E-state index contributed by atoms with van der Waals surface area (Å²) in [7, 11) is 0. The Balaban J connectivity index is 3.18. The summed E-state index contributed by atoms with van der Waals surface area (Å²) in [6.45, 7) is 2.28. The van der Waals surface area contributed by atoms with Gasteiger partial charge in [0.05, 0.1) is 0 Å². The normalized spacial score (nSPS) is 11.0. The molecule has 0 saturated carbocycles. The molecule has 0 aliphatic carbocycles. The van der Waals surface area contributed by atoms with Gasteiger partial charge in [-0.2, -0.15) is 0 Å². The molecule has 0 fully saturated rings. The van der Waals surface area contributed by atoms with E-state index >= 15 is 0 Å². The van der Waals surface area contributed by atoms with E-state index in [0.29, 0.717) is 0 Å². The number of rotatable bonds is 8. The monoisotopic (exact) mass is 284 g/mol. The molecule has 16 heavy (non-hydrogen) atoms. The second-order valence-electron chi connectivity index (χ2n) is 5.78. The second-order valence-corrected chi connectivity index (χ2v) is 15.7. The predicted octanol–water partition coefficient (Wildman–Crippen LogP) is 5.40. The Kier molecular flexibility index (Phi) is 10.3. The molecule has 0 N–H and O–H groups in total. The zero-order chi connectivity index (χ0) is 12.3. The molecule has 0 aliphatic rings. The molecule has 0 aromatic rings.